The Morgan fingerprint density at radius 3 is 1.49 bits per heavy atom. The van der Waals surface area contributed by atoms with Crippen molar-refractivity contribution in [1.29, 1.82) is 0 Å². The number of phenols is 2. The molecule has 0 radical (unpaired) electrons. The molecule has 0 fully saturated rings. The quantitative estimate of drug-likeness (QED) is 0.0853. The number of aliphatic carboxylic acids is 2. The van der Waals surface area contributed by atoms with Crippen LogP contribution in [0.5, 0.6) is 11.5 Å². The number of carboxylic acids is 2. The average Bonchev–Trinajstić information content (AvgIpc) is 3.06. The smallest absolute Gasteiger partial charge is 0.326 e. The number of carboxylic acid groups (broad SMARTS) is 2. The average molecular weight is 743 g/mol. The molecule has 0 aliphatic carbocycles. The predicted octanol–water partition coefficient (Wildman–Crippen LogP) is -0.0844. The fraction of sp³-hybridized carbons (Fsp3) is 0.472. The zero-order valence-corrected chi connectivity index (χ0v) is 30.3. The molecule has 11 N–H and O–H groups in total. The Balaban J connectivity index is 2.26. The second-order valence-corrected chi connectivity index (χ2v) is 13.6. The van der Waals surface area contributed by atoms with Crippen molar-refractivity contribution in [3.05, 3.63) is 59.7 Å². The van der Waals surface area contributed by atoms with Crippen molar-refractivity contribution in [2.75, 3.05) is 0 Å². The van der Waals surface area contributed by atoms with Crippen LogP contribution in [0.4, 0.5) is 0 Å². The van der Waals surface area contributed by atoms with Gasteiger partial charge in [0.05, 0.1) is 12.5 Å². The second kappa shape index (κ2) is 20.4. The summed E-state index contributed by atoms with van der Waals surface area (Å²) < 4.78 is 0. The molecule has 290 valence electrons. The van der Waals surface area contributed by atoms with E-state index in [9.17, 15) is 54.0 Å². The molecule has 0 aromatic heterocycles. The molecule has 0 aliphatic heterocycles. The van der Waals surface area contributed by atoms with E-state index >= 15 is 0 Å². The normalized spacial score (nSPS) is 14.5. The lowest BCUT2D eigenvalue weighted by Gasteiger charge is -2.28. The summed E-state index contributed by atoms with van der Waals surface area (Å²) >= 11 is 0. The highest BCUT2D eigenvalue weighted by Crippen LogP contribution is 2.14. The molecule has 6 unspecified atom stereocenters. The molecule has 0 saturated heterocycles. The summed E-state index contributed by atoms with van der Waals surface area (Å²) in [5, 5.41) is 50.5. The predicted molar refractivity (Wildman–Crippen MR) is 191 cm³/mol. The Morgan fingerprint density at radius 1 is 0.585 bits per heavy atom. The van der Waals surface area contributed by atoms with E-state index in [0.29, 0.717) is 17.5 Å². The van der Waals surface area contributed by atoms with Crippen molar-refractivity contribution in [1.82, 2.24) is 26.6 Å². The van der Waals surface area contributed by atoms with Gasteiger partial charge in [0, 0.05) is 12.8 Å². The number of hydrogen-bond acceptors (Lipinski definition) is 10. The van der Waals surface area contributed by atoms with Crippen molar-refractivity contribution < 1.29 is 54.0 Å². The Bertz CT molecular complexity index is 1600. The van der Waals surface area contributed by atoms with E-state index in [-0.39, 0.29) is 30.3 Å². The van der Waals surface area contributed by atoms with E-state index in [2.05, 4.69) is 26.6 Å². The third-order valence-electron chi connectivity index (χ3n) is 8.07. The van der Waals surface area contributed by atoms with Crippen LogP contribution in [0, 0.1) is 11.8 Å². The van der Waals surface area contributed by atoms with Crippen LogP contribution < -0.4 is 32.3 Å². The number of nitrogens with one attached hydrogen (secondary N) is 5. The molecule has 0 heterocycles. The standard InChI is InChI=1S/C36H50N6O11/c1-18(2)14-25(37)32(48)42-30(19(3)4)35(51)40-26(15-21-6-10-23(43)11-7-21)34(50)39-27(17-29(45)46)33(49)38-20(5)31(47)41-28(36(52)53)16-22-8-12-24(44)13-9-22/h6-13,18-20,25-28,30,43-44H,14-17,37H2,1-5H3,(H,38,49)(H,39,50)(H,40,51)(H,41,47)(H,42,48)(H,45,46)(H,52,53). The zero-order chi connectivity index (χ0) is 40.0. The van der Waals surface area contributed by atoms with Crippen LogP contribution in [0.15, 0.2) is 48.5 Å². The maximum Gasteiger partial charge on any atom is 0.326 e. The lowest BCUT2D eigenvalue weighted by molar-refractivity contribution is -0.143. The largest absolute Gasteiger partial charge is 0.508 e. The maximum atomic E-state index is 13.7. The number of benzene rings is 2. The molecule has 0 spiro atoms. The van der Waals surface area contributed by atoms with Gasteiger partial charge in [-0.1, -0.05) is 52.0 Å². The lowest BCUT2D eigenvalue weighted by atomic mass is 9.99. The summed E-state index contributed by atoms with van der Waals surface area (Å²) in [5.74, 6) is -7.62. The highest BCUT2D eigenvalue weighted by atomic mass is 16.4. The SMILES string of the molecule is CC(C)CC(N)C(=O)NC(C(=O)NC(Cc1ccc(O)cc1)C(=O)NC(CC(=O)O)C(=O)NC(C)C(=O)NC(Cc1ccc(O)cc1)C(=O)O)C(C)C. The highest BCUT2D eigenvalue weighted by molar-refractivity contribution is 5.97. The highest BCUT2D eigenvalue weighted by Gasteiger charge is 2.34. The fourth-order valence-corrected chi connectivity index (χ4v) is 5.15. The summed E-state index contributed by atoms with van der Waals surface area (Å²) in [6, 6.07) is 3.33. The van der Waals surface area contributed by atoms with E-state index in [4.69, 9.17) is 5.73 Å². The minimum absolute atomic E-state index is 0.0379. The minimum Gasteiger partial charge on any atom is -0.508 e. The molecule has 17 heteroatoms. The number of aromatic hydroxyl groups is 2. The van der Waals surface area contributed by atoms with Crippen molar-refractivity contribution in [2.45, 2.75) is 96.6 Å². The first kappa shape index (κ1) is 43.5. The van der Waals surface area contributed by atoms with Crippen LogP contribution in [-0.4, -0.2) is 98.2 Å². The van der Waals surface area contributed by atoms with E-state index < -0.39 is 90.1 Å². The number of nitrogens with two attached hydrogens (primary N) is 1. The molecular formula is C36H50N6O11. The Morgan fingerprint density at radius 2 is 1.04 bits per heavy atom. The van der Waals surface area contributed by atoms with Crippen molar-refractivity contribution in [2.24, 2.45) is 17.6 Å². The first-order valence-electron chi connectivity index (χ1n) is 17.0. The minimum atomic E-state index is -1.75. The third-order valence-corrected chi connectivity index (χ3v) is 8.07. The molecule has 0 saturated carbocycles. The molecular weight excluding hydrogens is 692 g/mol. The molecule has 17 nitrogen and oxygen atoms in total. The van der Waals surface area contributed by atoms with Gasteiger partial charge in [-0.05, 0) is 60.6 Å². The van der Waals surface area contributed by atoms with Crippen LogP contribution in [0.1, 0.15) is 58.6 Å². The summed E-state index contributed by atoms with van der Waals surface area (Å²) in [7, 11) is 0. The van der Waals surface area contributed by atoms with E-state index in [1.54, 1.807) is 13.8 Å². The van der Waals surface area contributed by atoms with Crippen LogP contribution >= 0.6 is 0 Å². The summed E-state index contributed by atoms with van der Waals surface area (Å²) in [6.07, 6.45) is -0.901. The number of rotatable bonds is 20. The van der Waals surface area contributed by atoms with Gasteiger partial charge in [0.25, 0.3) is 0 Å². The topological polar surface area (TPSA) is 287 Å². The van der Waals surface area contributed by atoms with Gasteiger partial charge in [0.15, 0.2) is 0 Å². The van der Waals surface area contributed by atoms with Crippen molar-refractivity contribution in [3.8, 4) is 11.5 Å². The fourth-order valence-electron chi connectivity index (χ4n) is 5.15. The number of amides is 5. The molecule has 2 aromatic rings. The van der Waals surface area contributed by atoms with E-state index in [1.165, 1.54) is 55.5 Å². The Kier molecular flexibility index (Phi) is 16.7. The first-order chi connectivity index (χ1) is 24.8. The Labute approximate surface area is 307 Å². The zero-order valence-electron chi connectivity index (χ0n) is 30.3. The van der Waals surface area contributed by atoms with E-state index in [1.807, 2.05) is 13.8 Å². The Hall–Kier alpha value is -5.71. The van der Waals surface area contributed by atoms with Crippen LogP contribution in [0.2, 0.25) is 0 Å². The summed E-state index contributed by atoms with van der Waals surface area (Å²) in [4.78, 5) is 89.9. The van der Waals surface area contributed by atoms with Crippen LogP contribution in [0.3, 0.4) is 0 Å². The molecule has 2 rings (SSSR count). The maximum absolute atomic E-state index is 13.7. The molecule has 6 atom stereocenters. The number of carbonyl (C=O) groups is 7. The molecule has 5 amide bonds. The molecule has 2 aromatic carbocycles. The van der Waals surface area contributed by atoms with Gasteiger partial charge in [-0.15, -0.1) is 0 Å². The molecule has 53 heavy (non-hydrogen) atoms. The molecule has 0 bridgehead atoms. The van der Waals surface area contributed by atoms with Crippen molar-refractivity contribution >= 4 is 41.5 Å². The van der Waals surface area contributed by atoms with Crippen LogP contribution in [-0.2, 0) is 46.4 Å². The van der Waals surface area contributed by atoms with Gasteiger partial charge in [0.2, 0.25) is 29.5 Å². The lowest BCUT2D eigenvalue weighted by Crippen LogP contribution is -2.60. The van der Waals surface area contributed by atoms with Crippen LogP contribution in [0.25, 0.3) is 0 Å². The van der Waals surface area contributed by atoms with Gasteiger partial charge >= 0.3 is 11.9 Å². The van der Waals surface area contributed by atoms with E-state index in [0.717, 1.165) is 0 Å². The number of carbonyl (C=O) groups excluding carboxylic acids is 5. The van der Waals surface area contributed by atoms with Gasteiger partial charge in [0.1, 0.15) is 41.7 Å². The van der Waals surface area contributed by atoms with Gasteiger partial charge in [-0.25, -0.2) is 4.79 Å². The van der Waals surface area contributed by atoms with Gasteiger partial charge < -0.3 is 52.7 Å². The monoisotopic (exact) mass is 742 g/mol. The summed E-state index contributed by atoms with van der Waals surface area (Å²) in [5.41, 5.74) is 6.96. The second-order valence-electron chi connectivity index (χ2n) is 13.6. The molecule has 0 aliphatic rings. The third kappa shape index (κ3) is 14.8. The summed E-state index contributed by atoms with van der Waals surface area (Å²) in [6.45, 7) is 8.34. The number of phenolic OH excluding ortho intramolecular Hbond substituents is 2. The number of hydrogen-bond donors (Lipinski definition) is 10. The van der Waals surface area contributed by atoms with Crippen molar-refractivity contribution in [3.63, 3.8) is 0 Å². The van der Waals surface area contributed by atoms with Gasteiger partial charge in [-0.3, -0.25) is 28.8 Å². The first-order valence-corrected chi connectivity index (χ1v) is 17.0. The van der Waals surface area contributed by atoms with Gasteiger partial charge in [-0.2, -0.15) is 0 Å².